The van der Waals surface area contributed by atoms with Crippen molar-refractivity contribution in [2.24, 2.45) is 0 Å². The standard InChI is InChI=1S/C20H19Cl3N4O4/c1-19(2)30-13-14(31-19)18(27-8-26-12-16(23)24-7-25-17(12)27)29-15(13)20(3,28)9-4-5-10(21)11(22)6-9/h4-8,13-15,18,28H,1-3H3/t13-,14+,15-,18+,20?/m0/s1. The highest BCUT2D eigenvalue weighted by Gasteiger charge is 2.60. The molecule has 164 valence electrons. The van der Waals surface area contributed by atoms with E-state index in [1.165, 1.54) is 6.33 Å². The number of hydrogen-bond donors (Lipinski definition) is 1. The molecule has 2 aromatic heterocycles. The predicted octanol–water partition coefficient (Wildman–Crippen LogP) is 4.11. The highest BCUT2D eigenvalue weighted by molar-refractivity contribution is 6.42. The average molecular weight is 486 g/mol. The Morgan fingerprint density at radius 2 is 1.81 bits per heavy atom. The number of imidazole rings is 1. The van der Waals surface area contributed by atoms with Crippen LogP contribution in [0.2, 0.25) is 15.2 Å². The van der Waals surface area contributed by atoms with Gasteiger partial charge in [0.2, 0.25) is 0 Å². The second kappa shape index (κ2) is 7.25. The maximum absolute atomic E-state index is 11.6. The van der Waals surface area contributed by atoms with Crippen LogP contribution in [0.1, 0.15) is 32.6 Å². The fourth-order valence-electron chi connectivity index (χ4n) is 4.24. The normalized spacial score (nSPS) is 29.3. The van der Waals surface area contributed by atoms with E-state index in [2.05, 4.69) is 15.0 Å². The summed E-state index contributed by atoms with van der Waals surface area (Å²) in [5.74, 6) is -0.869. The molecule has 2 aliphatic rings. The van der Waals surface area contributed by atoms with E-state index in [0.29, 0.717) is 26.8 Å². The molecule has 11 heteroatoms. The number of aromatic nitrogens is 4. The second-order valence-corrected chi connectivity index (χ2v) is 9.45. The van der Waals surface area contributed by atoms with Gasteiger partial charge in [-0.3, -0.25) is 4.57 Å². The lowest BCUT2D eigenvalue weighted by molar-refractivity contribution is -0.221. The van der Waals surface area contributed by atoms with E-state index in [1.54, 1.807) is 36.0 Å². The summed E-state index contributed by atoms with van der Waals surface area (Å²) in [4.78, 5) is 12.6. The summed E-state index contributed by atoms with van der Waals surface area (Å²) in [6.45, 7) is 5.28. The lowest BCUT2D eigenvalue weighted by Gasteiger charge is -2.34. The molecule has 0 bridgehead atoms. The molecule has 2 saturated heterocycles. The van der Waals surface area contributed by atoms with Crippen LogP contribution in [0.25, 0.3) is 11.2 Å². The fourth-order valence-corrected chi connectivity index (χ4v) is 4.71. The summed E-state index contributed by atoms with van der Waals surface area (Å²) in [5, 5.41) is 12.5. The first-order chi connectivity index (χ1) is 14.6. The Labute approximate surface area is 193 Å². The van der Waals surface area contributed by atoms with Crippen LogP contribution < -0.4 is 0 Å². The van der Waals surface area contributed by atoms with Crippen molar-refractivity contribution in [2.75, 3.05) is 0 Å². The monoisotopic (exact) mass is 484 g/mol. The van der Waals surface area contributed by atoms with Crippen LogP contribution in [0.4, 0.5) is 0 Å². The molecule has 0 saturated carbocycles. The van der Waals surface area contributed by atoms with E-state index in [4.69, 9.17) is 49.0 Å². The first kappa shape index (κ1) is 21.3. The summed E-state index contributed by atoms with van der Waals surface area (Å²) in [6.07, 6.45) is 0.379. The lowest BCUT2D eigenvalue weighted by atomic mass is 9.87. The van der Waals surface area contributed by atoms with Gasteiger partial charge in [-0.1, -0.05) is 40.9 Å². The minimum atomic E-state index is -1.46. The van der Waals surface area contributed by atoms with Gasteiger partial charge in [-0.15, -0.1) is 0 Å². The molecule has 2 fully saturated rings. The number of hydrogen-bond acceptors (Lipinski definition) is 7. The van der Waals surface area contributed by atoms with Gasteiger partial charge < -0.3 is 19.3 Å². The number of fused-ring (bicyclic) bond motifs is 2. The average Bonchev–Trinajstić information content (AvgIpc) is 3.35. The maximum Gasteiger partial charge on any atom is 0.167 e. The molecule has 8 nitrogen and oxygen atoms in total. The fraction of sp³-hybridized carbons (Fsp3) is 0.450. The number of halogens is 3. The molecular weight excluding hydrogens is 467 g/mol. The molecule has 1 aromatic carbocycles. The van der Waals surface area contributed by atoms with Crippen LogP contribution in [0.5, 0.6) is 0 Å². The third-order valence-electron chi connectivity index (χ3n) is 5.68. The molecule has 1 unspecified atom stereocenters. The van der Waals surface area contributed by atoms with Crippen molar-refractivity contribution in [1.82, 2.24) is 19.5 Å². The molecule has 0 radical (unpaired) electrons. The van der Waals surface area contributed by atoms with Crippen LogP contribution in [0.3, 0.4) is 0 Å². The highest BCUT2D eigenvalue weighted by Crippen LogP contribution is 2.49. The van der Waals surface area contributed by atoms with Crippen LogP contribution in [0.15, 0.2) is 30.9 Å². The molecule has 31 heavy (non-hydrogen) atoms. The Bertz CT molecular complexity index is 1170. The van der Waals surface area contributed by atoms with Gasteiger partial charge in [-0.2, -0.15) is 0 Å². The van der Waals surface area contributed by atoms with E-state index in [-0.39, 0.29) is 5.15 Å². The van der Waals surface area contributed by atoms with E-state index in [0.717, 1.165) is 0 Å². The van der Waals surface area contributed by atoms with Crippen LogP contribution in [-0.2, 0) is 19.8 Å². The third-order valence-corrected chi connectivity index (χ3v) is 6.69. The molecule has 1 N–H and O–H groups in total. The largest absolute Gasteiger partial charge is 0.383 e. The van der Waals surface area contributed by atoms with Gasteiger partial charge in [-0.25, -0.2) is 15.0 Å². The maximum atomic E-state index is 11.6. The van der Waals surface area contributed by atoms with Crippen LogP contribution in [-0.4, -0.2) is 48.7 Å². The van der Waals surface area contributed by atoms with Gasteiger partial charge >= 0.3 is 0 Å². The molecule has 3 aromatic rings. The Balaban J connectivity index is 1.58. The minimum Gasteiger partial charge on any atom is -0.383 e. The Kier molecular flexibility index (Phi) is 4.99. The summed E-state index contributed by atoms with van der Waals surface area (Å²) < 4.78 is 20.4. The molecule has 0 amide bonds. The number of ether oxygens (including phenoxy) is 3. The number of rotatable bonds is 3. The zero-order valence-corrected chi connectivity index (χ0v) is 19.1. The zero-order valence-electron chi connectivity index (χ0n) is 16.8. The quantitative estimate of drug-likeness (QED) is 0.558. The van der Waals surface area contributed by atoms with Crippen LogP contribution in [0, 0.1) is 0 Å². The van der Waals surface area contributed by atoms with Crippen molar-refractivity contribution in [1.29, 1.82) is 0 Å². The van der Waals surface area contributed by atoms with E-state index in [1.807, 2.05) is 13.8 Å². The van der Waals surface area contributed by atoms with Gasteiger partial charge in [0.15, 0.2) is 22.8 Å². The first-order valence-electron chi connectivity index (χ1n) is 9.60. The van der Waals surface area contributed by atoms with E-state index in [9.17, 15) is 5.11 Å². The number of nitrogens with zero attached hydrogens (tertiary/aromatic N) is 4. The Hall–Kier alpha value is -1.52. The molecule has 4 heterocycles. The van der Waals surface area contributed by atoms with Crippen molar-refractivity contribution in [3.8, 4) is 0 Å². The molecule has 5 rings (SSSR count). The minimum absolute atomic E-state index is 0.238. The van der Waals surface area contributed by atoms with E-state index < -0.39 is 35.9 Å². The summed E-state index contributed by atoms with van der Waals surface area (Å²) in [6, 6.07) is 4.96. The van der Waals surface area contributed by atoms with E-state index >= 15 is 0 Å². The van der Waals surface area contributed by atoms with Crippen molar-refractivity contribution >= 4 is 46.0 Å². The third kappa shape index (κ3) is 3.41. The Morgan fingerprint density at radius 1 is 1.06 bits per heavy atom. The van der Waals surface area contributed by atoms with Crippen molar-refractivity contribution in [3.63, 3.8) is 0 Å². The number of benzene rings is 1. The van der Waals surface area contributed by atoms with Gasteiger partial charge in [0.1, 0.15) is 35.8 Å². The lowest BCUT2D eigenvalue weighted by Crippen LogP contribution is -2.45. The summed E-state index contributed by atoms with van der Waals surface area (Å²) in [7, 11) is 0. The second-order valence-electron chi connectivity index (χ2n) is 8.28. The number of aliphatic hydroxyl groups is 1. The summed E-state index contributed by atoms with van der Waals surface area (Å²) >= 11 is 18.4. The SMILES string of the molecule is CC1(C)O[C@@H]2[C@H](O1)[C@@H](C(C)(O)c1ccc(Cl)c(Cl)c1)O[C@H]2n1cnc2c(Cl)ncnc21. The molecule has 0 spiro atoms. The van der Waals surface area contributed by atoms with Crippen molar-refractivity contribution in [2.45, 2.75) is 56.7 Å². The molecule has 5 atom stereocenters. The molecule has 0 aliphatic carbocycles. The van der Waals surface area contributed by atoms with Gasteiger partial charge in [0.05, 0.1) is 16.4 Å². The van der Waals surface area contributed by atoms with Crippen molar-refractivity contribution < 1.29 is 19.3 Å². The molecular formula is C20H19Cl3N4O4. The van der Waals surface area contributed by atoms with Gasteiger partial charge in [-0.05, 0) is 38.5 Å². The molecule has 2 aliphatic heterocycles. The highest BCUT2D eigenvalue weighted by atomic mass is 35.5. The smallest absolute Gasteiger partial charge is 0.167 e. The van der Waals surface area contributed by atoms with Gasteiger partial charge in [0, 0.05) is 0 Å². The first-order valence-corrected chi connectivity index (χ1v) is 10.7. The topological polar surface area (TPSA) is 91.5 Å². The predicted molar refractivity (Wildman–Crippen MR) is 114 cm³/mol. The zero-order chi connectivity index (χ0) is 22.1. The summed E-state index contributed by atoms with van der Waals surface area (Å²) in [5.41, 5.74) is 0.0214. The van der Waals surface area contributed by atoms with Crippen molar-refractivity contribution in [3.05, 3.63) is 51.6 Å². The van der Waals surface area contributed by atoms with Crippen LogP contribution >= 0.6 is 34.8 Å². The van der Waals surface area contributed by atoms with Gasteiger partial charge in [0.25, 0.3) is 0 Å². The Morgan fingerprint density at radius 3 is 2.55 bits per heavy atom.